The van der Waals surface area contributed by atoms with E-state index in [1.165, 1.54) is 7.05 Å². The fourth-order valence-electron chi connectivity index (χ4n) is 2.46. The van der Waals surface area contributed by atoms with Crippen molar-refractivity contribution in [3.05, 3.63) is 70.0 Å². The molecule has 164 valence electrons. The number of benzene rings is 2. The minimum Gasteiger partial charge on any atom is -0.355 e. The highest BCUT2D eigenvalue weighted by atomic mass is 127. The Balaban J connectivity index is 0.00000450. The van der Waals surface area contributed by atoms with Crippen LogP contribution in [0.5, 0.6) is 0 Å². The monoisotopic (exact) mass is 558 g/mol. The molecule has 0 saturated carbocycles. The summed E-state index contributed by atoms with van der Waals surface area (Å²) in [5.41, 5.74) is -0.825. The molecule has 2 aromatic rings. The predicted octanol–water partition coefficient (Wildman–Crippen LogP) is 4.21. The van der Waals surface area contributed by atoms with E-state index in [1.807, 2.05) is 0 Å². The molecule has 0 unspecified atom stereocenters. The molecule has 0 aromatic heterocycles. The molecule has 11 heteroatoms. The molecule has 0 bridgehead atoms. The molecule has 0 fully saturated rings. The second-order valence-electron chi connectivity index (χ2n) is 5.89. The summed E-state index contributed by atoms with van der Waals surface area (Å²) in [5.74, 6) is -1.08. The van der Waals surface area contributed by atoms with Crippen LogP contribution in [0.2, 0.25) is 5.02 Å². The first-order chi connectivity index (χ1) is 13.7. The average molecular weight is 559 g/mol. The summed E-state index contributed by atoms with van der Waals surface area (Å²) in [5, 5.41) is 8.59. The van der Waals surface area contributed by atoms with Gasteiger partial charge in [0, 0.05) is 26.7 Å². The van der Waals surface area contributed by atoms with Gasteiger partial charge >= 0.3 is 6.18 Å². The molecular formula is C19H20ClF4IN4O. The largest absolute Gasteiger partial charge is 0.416 e. The molecular weight excluding hydrogens is 539 g/mol. The van der Waals surface area contributed by atoms with Crippen LogP contribution >= 0.6 is 35.6 Å². The number of carbonyl (C=O) groups is 1. The number of aliphatic imine (C=N–C) groups is 1. The van der Waals surface area contributed by atoms with Crippen molar-refractivity contribution in [2.75, 3.05) is 20.1 Å². The van der Waals surface area contributed by atoms with E-state index >= 15 is 0 Å². The van der Waals surface area contributed by atoms with Gasteiger partial charge in [-0.05, 0) is 29.8 Å². The first-order valence-electron chi connectivity index (χ1n) is 8.55. The molecule has 0 atom stereocenters. The van der Waals surface area contributed by atoms with Gasteiger partial charge in [0.25, 0.3) is 5.91 Å². The third-order valence-corrected chi connectivity index (χ3v) is 4.20. The Bertz CT molecular complexity index is 893. The van der Waals surface area contributed by atoms with E-state index in [0.29, 0.717) is 16.7 Å². The smallest absolute Gasteiger partial charge is 0.355 e. The van der Waals surface area contributed by atoms with Gasteiger partial charge in [-0.25, -0.2) is 4.39 Å². The molecule has 0 radical (unpaired) electrons. The van der Waals surface area contributed by atoms with Crippen LogP contribution < -0.4 is 16.0 Å². The summed E-state index contributed by atoms with van der Waals surface area (Å²) in [6.07, 6.45) is -4.67. The van der Waals surface area contributed by atoms with Crippen LogP contribution in [0.4, 0.5) is 17.6 Å². The minimum atomic E-state index is -4.67. The van der Waals surface area contributed by atoms with Gasteiger partial charge in [-0.1, -0.05) is 29.8 Å². The van der Waals surface area contributed by atoms with Gasteiger partial charge in [0.05, 0.1) is 16.1 Å². The SMILES string of the molecule is CN=C(NCCNC(=O)c1ccccc1Cl)NCc1ccc(F)cc1C(F)(F)F.I. The lowest BCUT2D eigenvalue weighted by Gasteiger charge is -2.16. The standard InChI is InChI=1S/C19H19ClF4N4O.HI/c1-25-18(27-9-8-26-17(29)14-4-2-3-5-16(14)20)28-11-12-6-7-13(21)10-15(12)19(22,23)24;/h2-7,10H,8-9,11H2,1H3,(H,26,29)(H2,25,27,28);1H. The van der Waals surface area contributed by atoms with Crippen LogP contribution in [-0.2, 0) is 12.7 Å². The normalized spacial score (nSPS) is 11.5. The number of hydrogen-bond acceptors (Lipinski definition) is 2. The highest BCUT2D eigenvalue weighted by molar-refractivity contribution is 14.0. The number of nitrogens with one attached hydrogen (secondary N) is 3. The Hall–Kier alpha value is -2.08. The Labute approximate surface area is 193 Å². The van der Waals surface area contributed by atoms with Crippen molar-refractivity contribution in [3.63, 3.8) is 0 Å². The number of alkyl halides is 3. The molecule has 0 heterocycles. The summed E-state index contributed by atoms with van der Waals surface area (Å²) >= 11 is 5.95. The van der Waals surface area contributed by atoms with E-state index in [9.17, 15) is 22.4 Å². The lowest BCUT2D eigenvalue weighted by Crippen LogP contribution is -2.41. The van der Waals surface area contributed by atoms with Crippen LogP contribution in [-0.4, -0.2) is 32.0 Å². The first-order valence-corrected chi connectivity index (χ1v) is 8.93. The van der Waals surface area contributed by atoms with E-state index in [0.717, 1.165) is 12.1 Å². The lowest BCUT2D eigenvalue weighted by molar-refractivity contribution is -0.138. The maximum Gasteiger partial charge on any atom is 0.416 e. The number of nitrogens with zero attached hydrogens (tertiary/aromatic N) is 1. The summed E-state index contributed by atoms with van der Waals surface area (Å²) in [7, 11) is 1.45. The van der Waals surface area contributed by atoms with Gasteiger partial charge in [0.1, 0.15) is 5.82 Å². The van der Waals surface area contributed by atoms with E-state index in [2.05, 4.69) is 20.9 Å². The molecule has 2 rings (SSSR count). The fourth-order valence-corrected chi connectivity index (χ4v) is 2.69. The summed E-state index contributed by atoms with van der Waals surface area (Å²) < 4.78 is 52.3. The van der Waals surface area contributed by atoms with Gasteiger partial charge in [-0.3, -0.25) is 9.79 Å². The van der Waals surface area contributed by atoms with Crippen molar-refractivity contribution in [2.45, 2.75) is 12.7 Å². The molecule has 0 aliphatic rings. The summed E-state index contributed by atoms with van der Waals surface area (Å²) in [6.45, 7) is 0.293. The predicted molar refractivity (Wildman–Crippen MR) is 119 cm³/mol. The van der Waals surface area contributed by atoms with Crippen LogP contribution in [0.15, 0.2) is 47.5 Å². The molecule has 0 aliphatic carbocycles. The van der Waals surface area contributed by atoms with Crippen LogP contribution in [0.1, 0.15) is 21.5 Å². The highest BCUT2D eigenvalue weighted by Crippen LogP contribution is 2.32. The van der Waals surface area contributed by atoms with Crippen molar-refractivity contribution >= 4 is 47.4 Å². The number of carbonyl (C=O) groups excluding carboxylic acids is 1. The topological polar surface area (TPSA) is 65.5 Å². The summed E-state index contributed by atoms with van der Waals surface area (Å²) in [6, 6.07) is 9.08. The number of rotatable bonds is 6. The number of guanidine groups is 1. The minimum absolute atomic E-state index is 0. The van der Waals surface area contributed by atoms with Crippen molar-refractivity contribution in [3.8, 4) is 0 Å². The number of halogens is 6. The van der Waals surface area contributed by atoms with Gasteiger partial charge < -0.3 is 16.0 Å². The van der Waals surface area contributed by atoms with Crippen LogP contribution in [0.3, 0.4) is 0 Å². The third-order valence-electron chi connectivity index (χ3n) is 3.87. The van der Waals surface area contributed by atoms with Gasteiger partial charge in [-0.15, -0.1) is 24.0 Å². The third kappa shape index (κ3) is 7.63. The molecule has 0 saturated heterocycles. The molecule has 0 aliphatic heterocycles. The second kappa shape index (κ2) is 11.9. The number of amides is 1. The van der Waals surface area contributed by atoms with Gasteiger partial charge in [0.2, 0.25) is 0 Å². The number of hydrogen-bond donors (Lipinski definition) is 3. The van der Waals surface area contributed by atoms with Crippen LogP contribution in [0, 0.1) is 5.82 Å². The Morgan fingerprint density at radius 2 is 1.73 bits per heavy atom. The molecule has 0 spiro atoms. The summed E-state index contributed by atoms with van der Waals surface area (Å²) in [4.78, 5) is 15.9. The Morgan fingerprint density at radius 3 is 2.37 bits per heavy atom. The first kappa shape index (κ1) is 26.0. The average Bonchev–Trinajstić information content (AvgIpc) is 2.67. The van der Waals surface area contributed by atoms with Crippen molar-refractivity contribution in [1.82, 2.24) is 16.0 Å². The highest BCUT2D eigenvalue weighted by Gasteiger charge is 2.33. The van der Waals surface area contributed by atoms with Gasteiger partial charge in [-0.2, -0.15) is 13.2 Å². The Morgan fingerprint density at radius 1 is 1.07 bits per heavy atom. The molecule has 30 heavy (non-hydrogen) atoms. The van der Waals surface area contributed by atoms with E-state index < -0.39 is 17.6 Å². The maximum atomic E-state index is 13.2. The van der Waals surface area contributed by atoms with Crippen molar-refractivity contribution in [2.24, 2.45) is 4.99 Å². The Kier molecular flexibility index (Phi) is 10.3. The lowest BCUT2D eigenvalue weighted by atomic mass is 10.1. The fraction of sp³-hybridized carbons (Fsp3) is 0.263. The molecule has 5 nitrogen and oxygen atoms in total. The van der Waals surface area contributed by atoms with Crippen molar-refractivity contribution < 1.29 is 22.4 Å². The molecule has 2 aromatic carbocycles. The van der Waals surface area contributed by atoms with E-state index in [1.54, 1.807) is 24.3 Å². The molecule has 3 N–H and O–H groups in total. The maximum absolute atomic E-state index is 13.2. The second-order valence-corrected chi connectivity index (χ2v) is 6.29. The van der Waals surface area contributed by atoms with Gasteiger partial charge in [0.15, 0.2) is 5.96 Å². The van der Waals surface area contributed by atoms with Crippen LogP contribution in [0.25, 0.3) is 0 Å². The van der Waals surface area contributed by atoms with E-state index in [-0.39, 0.29) is 61.0 Å². The zero-order valence-electron chi connectivity index (χ0n) is 15.8. The quantitative estimate of drug-likeness (QED) is 0.164. The zero-order chi connectivity index (χ0) is 21.4. The van der Waals surface area contributed by atoms with Crippen molar-refractivity contribution in [1.29, 1.82) is 0 Å². The van der Waals surface area contributed by atoms with E-state index in [4.69, 9.17) is 11.6 Å². The zero-order valence-corrected chi connectivity index (χ0v) is 18.9. The molecule has 1 amide bonds.